The molecule has 3 nitrogen and oxygen atoms in total. The van der Waals surface area contributed by atoms with Gasteiger partial charge in [0.25, 0.3) is 8.05 Å². The molecule has 0 aliphatic carbocycles. The molecule has 0 saturated carbocycles. The van der Waals surface area contributed by atoms with E-state index in [2.05, 4.69) is 0 Å². The van der Waals surface area contributed by atoms with Crippen LogP contribution < -0.4 is 10.9 Å². The maximum atomic E-state index is 5.62. The molecule has 0 fully saturated rings. The summed E-state index contributed by atoms with van der Waals surface area (Å²) in [6, 6.07) is 7.90. The second-order valence-electron chi connectivity index (χ2n) is 2.67. The van der Waals surface area contributed by atoms with Crippen molar-refractivity contribution in [2.45, 2.75) is 6.61 Å². The second kappa shape index (κ2) is 4.14. The van der Waals surface area contributed by atoms with Gasteiger partial charge in [-0.2, -0.15) is 0 Å². The molecular formula is C8H13BN2O. The number of para-hydroxylation sites is 1. The SMILES string of the molecule is BOCc1ccccc1N(C)N. The van der Waals surface area contributed by atoms with Gasteiger partial charge in [-0.05, 0) is 6.07 Å². The van der Waals surface area contributed by atoms with Crippen LogP contribution in [0.25, 0.3) is 0 Å². The largest absolute Gasteiger partial charge is 0.440 e. The Morgan fingerprint density at radius 2 is 2.17 bits per heavy atom. The third-order valence-corrected chi connectivity index (χ3v) is 1.67. The van der Waals surface area contributed by atoms with Crippen molar-refractivity contribution in [2.24, 2.45) is 5.84 Å². The second-order valence-corrected chi connectivity index (χ2v) is 2.67. The smallest absolute Gasteiger partial charge is 0.257 e. The molecule has 0 bridgehead atoms. The predicted molar refractivity (Wildman–Crippen MR) is 52.4 cm³/mol. The van der Waals surface area contributed by atoms with E-state index in [9.17, 15) is 0 Å². The first-order valence-corrected chi connectivity index (χ1v) is 3.81. The molecule has 0 aliphatic rings. The first-order chi connectivity index (χ1) is 5.75. The van der Waals surface area contributed by atoms with Crippen LogP contribution in [0.2, 0.25) is 0 Å². The monoisotopic (exact) mass is 164 g/mol. The predicted octanol–water partition coefficient (Wildman–Crippen LogP) is 0.0612. The quantitative estimate of drug-likeness (QED) is 0.390. The standard InChI is InChI=1S/C8H13BN2O/c1-11(10)8-5-3-2-4-7(8)6-12-9/h2-5H,6,9-10H2,1H3. The van der Waals surface area contributed by atoms with Crippen molar-refractivity contribution in [3.8, 4) is 0 Å². The number of hydrogen-bond acceptors (Lipinski definition) is 3. The molecule has 0 saturated heterocycles. The van der Waals surface area contributed by atoms with Crippen molar-refractivity contribution >= 4 is 13.7 Å². The first kappa shape index (κ1) is 9.10. The summed E-state index contributed by atoms with van der Waals surface area (Å²) in [5, 5.41) is 1.59. The minimum atomic E-state index is 0.595. The van der Waals surface area contributed by atoms with Gasteiger partial charge < -0.3 is 9.66 Å². The van der Waals surface area contributed by atoms with Gasteiger partial charge in [0.1, 0.15) is 0 Å². The van der Waals surface area contributed by atoms with Crippen molar-refractivity contribution in [3.05, 3.63) is 29.8 Å². The van der Waals surface area contributed by atoms with Crippen LogP contribution in [0.15, 0.2) is 24.3 Å². The molecule has 0 aromatic heterocycles. The van der Waals surface area contributed by atoms with Crippen molar-refractivity contribution < 1.29 is 4.65 Å². The van der Waals surface area contributed by atoms with Gasteiger partial charge >= 0.3 is 0 Å². The lowest BCUT2D eigenvalue weighted by Crippen LogP contribution is -2.26. The van der Waals surface area contributed by atoms with Gasteiger partial charge in [-0.15, -0.1) is 0 Å². The summed E-state index contributed by atoms with van der Waals surface area (Å²) < 4.78 is 5.04. The molecule has 1 aromatic carbocycles. The lowest BCUT2D eigenvalue weighted by molar-refractivity contribution is 0.338. The molecule has 0 aliphatic heterocycles. The molecule has 4 heteroatoms. The van der Waals surface area contributed by atoms with Gasteiger partial charge in [-0.25, -0.2) is 5.84 Å². The maximum Gasteiger partial charge on any atom is 0.257 e. The van der Waals surface area contributed by atoms with Crippen LogP contribution in [0.4, 0.5) is 5.69 Å². The summed E-state index contributed by atoms with van der Waals surface area (Å²) in [7, 11) is 3.49. The fourth-order valence-electron chi connectivity index (χ4n) is 1.13. The lowest BCUT2D eigenvalue weighted by Gasteiger charge is -2.16. The minimum absolute atomic E-state index is 0.595. The minimum Gasteiger partial charge on any atom is -0.440 e. The highest BCUT2D eigenvalue weighted by molar-refractivity contribution is 5.97. The highest BCUT2D eigenvalue weighted by Gasteiger charge is 2.01. The molecule has 0 heterocycles. The zero-order valence-corrected chi connectivity index (χ0v) is 7.45. The Morgan fingerprint density at radius 1 is 1.50 bits per heavy atom. The molecule has 0 spiro atoms. The topological polar surface area (TPSA) is 38.5 Å². The normalized spacial score (nSPS) is 9.83. The van der Waals surface area contributed by atoms with Crippen LogP contribution in [0.3, 0.4) is 0 Å². The summed E-state index contributed by atoms with van der Waals surface area (Å²) in [5.41, 5.74) is 2.10. The molecule has 2 N–H and O–H groups in total. The molecule has 64 valence electrons. The average molecular weight is 164 g/mol. The van der Waals surface area contributed by atoms with Crippen molar-refractivity contribution in [1.82, 2.24) is 0 Å². The Kier molecular flexibility index (Phi) is 3.14. The molecule has 0 radical (unpaired) electrons. The summed E-state index contributed by atoms with van der Waals surface area (Å²) in [4.78, 5) is 0. The van der Waals surface area contributed by atoms with Crippen LogP contribution >= 0.6 is 0 Å². The number of nitrogens with two attached hydrogens (primary N) is 1. The number of nitrogens with zero attached hydrogens (tertiary/aromatic N) is 1. The zero-order chi connectivity index (χ0) is 8.97. The molecule has 0 atom stereocenters. The number of benzene rings is 1. The van der Waals surface area contributed by atoms with E-state index in [0.717, 1.165) is 11.3 Å². The van der Waals surface area contributed by atoms with E-state index in [-0.39, 0.29) is 0 Å². The van der Waals surface area contributed by atoms with Crippen LogP contribution in [-0.4, -0.2) is 15.1 Å². The third-order valence-electron chi connectivity index (χ3n) is 1.67. The Morgan fingerprint density at radius 3 is 2.75 bits per heavy atom. The van der Waals surface area contributed by atoms with E-state index in [4.69, 9.17) is 10.5 Å². The average Bonchev–Trinajstić information content (AvgIpc) is 2.05. The fraction of sp³-hybridized carbons (Fsp3) is 0.250. The van der Waals surface area contributed by atoms with Crippen molar-refractivity contribution in [3.63, 3.8) is 0 Å². The van der Waals surface area contributed by atoms with E-state index >= 15 is 0 Å². The van der Waals surface area contributed by atoms with Crippen molar-refractivity contribution in [1.29, 1.82) is 0 Å². The lowest BCUT2D eigenvalue weighted by atomic mass is 10.2. The Labute approximate surface area is 73.5 Å². The highest BCUT2D eigenvalue weighted by Crippen LogP contribution is 2.16. The maximum absolute atomic E-state index is 5.62. The number of hydrazine groups is 1. The van der Waals surface area contributed by atoms with Crippen LogP contribution in [0.5, 0.6) is 0 Å². The molecular weight excluding hydrogens is 151 g/mol. The summed E-state index contributed by atoms with van der Waals surface area (Å²) in [5.74, 6) is 5.62. The van der Waals surface area contributed by atoms with E-state index < -0.39 is 0 Å². The van der Waals surface area contributed by atoms with E-state index in [0.29, 0.717) is 6.61 Å². The van der Waals surface area contributed by atoms with E-state index in [1.165, 1.54) is 0 Å². The van der Waals surface area contributed by atoms with Gasteiger partial charge in [0, 0.05) is 12.6 Å². The highest BCUT2D eigenvalue weighted by atomic mass is 16.4. The van der Waals surface area contributed by atoms with Gasteiger partial charge in [0.05, 0.1) is 12.3 Å². The number of hydrogen-bond donors (Lipinski definition) is 1. The summed E-state index contributed by atoms with van der Waals surface area (Å²) >= 11 is 0. The van der Waals surface area contributed by atoms with Crippen molar-refractivity contribution in [2.75, 3.05) is 12.1 Å². The molecule has 0 amide bonds. The fourth-order valence-corrected chi connectivity index (χ4v) is 1.13. The Bertz CT molecular complexity index is 253. The van der Waals surface area contributed by atoms with Crippen LogP contribution in [0, 0.1) is 0 Å². The Hall–Kier alpha value is -0.995. The zero-order valence-electron chi connectivity index (χ0n) is 7.45. The van der Waals surface area contributed by atoms with Gasteiger partial charge in [-0.3, -0.25) is 0 Å². The van der Waals surface area contributed by atoms with E-state index in [1.807, 2.05) is 31.3 Å². The van der Waals surface area contributed by atoms with Crippen LogP contribution in [-0.2, 0) is 11.3 Å². The first-order valence-electron chi connectivity index (χ1n) is 3.81. The van der Waals surface area contributed by atoms with Crippen LogP contribution in [0.1, 0.15) is 5.56 Å². The van der Waals surface area contributed by atoms with Gasteiger partial charge in [0.2, 0.25) is 0 Å². The van der Waals surface area contributed by atoms with Gasteiger partial charge in [-0.1, -0.05) is 18.2 Å². The number of rotatable bonds is 3. The molecule has 0 unspecified atom stereocenters. The third kappa shape index (κ3) is 2.00. The Balaban J connectivity index is 2.92. The summed E-state index contributed by atoms with van der Waals surface area (Å²) in [6.07, 6.45) is 0. The van der Waals surface area contributed by atoms with Gasteiger partial charge in [0.15, 0.2) is 0 Å². The van der Waals surface area contributed by atoms with E-state index in [1.54, 1.807) is 13.1 Å². The molecule has 12 heavy (non-hydrogen) atoms. The summed E-state index contributed by atoms with van der Waals surface area (Å²) in [6.45, 7) is 0.595. The number of anilines is 1. The molecule has 1 rings (SSSR count). The molecule has 1 aromatic rings.